The maximum atomic E-state index is 5.55. The van der Waals surface area contributed by atoms with E-state index in [-0.39, 0.29) is 12.4 Å². The minimum absolute atomic E-state index is 0. The van der Waals surface area contributed by atoms with Crippen LogP contribution in [0.5, 0.6) is 5.75 Å². The number of aryl methyl sites for hydroxylation is 1. The average Bonchev–Trinajstić information content (AvgIpc) is 3.08. The number of nitrogens with one attached hydrogen (secondary N) is 1. The van der Waals surface area contributed by atoms with Gasteiger partial charge in [0.15, 0.2) is 0 Å². The second kappa shape index (κ2) is 7.32. The van der Waals surface area contributed by atoms with Crippen LogP contribution in [0.4, 0.5) is 0 Å². The van der Waals surface area contributed by atoms with Gasteiger partial charge < -0.3 is 14.6 Å². The van der Waals surface area contributed by atoms with Gasteiger partial charge in [0.2, 0.25) is 0 Å². The van der Waals surface area contributed by atoms with Crippen LogP contribution in [-0.4, -0.2) is 21.4 Å². The third-order valence-corrected chi connectivity index (χ3v) is 4.55. The SMILES string of the molecule is Cl.c1cc2c(cc1CNCc1nnc3n1CCCCC3)CCO2. The van der Waals surface area contributed by atoms with E-state index in [2.05, 4.69) is 38.3 Å². The summed E-state index contributed by atoms with van der Waals surface area (Å²) < 4.78 is 7.85. The molecule has 6 heteroatoms. The molecule has 5 nitrogen and oxygen atoms in total. The van der Waals surface area contributed by atoms with E-state index in [1.54, 1.807) is 0 Å². The lowest BCUT2D eigenvalue weighted by Crippen LogP contribution is -2.17. The first-order valence-electron chi connectivity index (χ1n) is 8.26. The quantitative estimate of drug-likeness (QED) is 0.934. The lowest BCUT2D eigenvalue weighted by atomic mass is 10.1. The van der Waals surface area contributed by atoms with Crippen molar-refractivity contribution in [2.24, 2.45) is 0 Å². The molecule has 4 rings (SSSR count). The number of halogens is 1. The molecule has 0 radical (unpaired) electrons. The van der Waals surface area contributed by atoms with Gasteiger partial charge in [0, 0.05) is 25.9 Å². The van der Waals surface area contributed by atoms with Crippen LogP contribution in [0.2, 0.25) is 0 Å². The second-order valence-electron chi connectivity index (χ2n) is 6.14. The van der Waals surface area contributed by atoms with Crippen molar-refractivity contribution in [2.75, 3.05) is 6.61 Å². The summed E-state index contributed by atoms with van der Waals surface area (Å²) in [5.74, 6) is 3.27. The van der Waals surface area contributed by atoms with Gasteiger partial charge >= 0.3 is 0 Å². The van der Waals surface area contributed by atoms with E-state index in [1.165, 1.54) is 30.4 Å². The second-order valence-corrected chi connectivity index (χ2v) is 6.14. The van der Waals surface area contributed by atoms with E-state index in [4.69, 9.17) is 4.74 Å². The van der Waals surface area contributed by atoms with Gasteiger partial charge in [-0.3, -0.25) is 0 Å². The molecule has 0 amide bonds. The summed E-state index contributed by atoms with van der Waals surface area (Å²) >= 11 is 0. The number of fused-ring (bicyclic) bond motifs is 2. The average molecular weight is 335 g/mol. The molecule has 124 valence electrons. The predicted octanol–water partition coefficient (Wildman–Crippen LogP) is 2.65. The minimum Gasteiger partial charge on any atom is -0.493 e. The normalized spacial score (nSPS) is 16.0. The summed E-state index contributed by atoms with van der Waals surface area (Å²) in [4.78, 5) is 0. The molecule has 0 unspecified atom stereocenters. The number of aromatic nitrogens is 3. The summed E-state index contributed by atoms with van der Waals surface area (Å²) in [6.07, 6.45) is 5.87. The molecule has 1 aromatic carbocycles. The van der Waals surface area contributed by atoms with Crippen LogP contribution in [0.3, 0.4) is 0 Å². The number of benzene rings is 1. The molecule has 0 saturated carbocycles. The Kier molecular flexibility index (Phi) is 5.18. The Hall–Kier alpha value is -1.59. The fourth-order valence-electron chi connectivity index (χ4n) is 3.34. The summed E-state index contributed by atoms with van der Waals surface area (Å²) in [7, 11) is 0. The summed E-state index contributed by atoms with van der Waals surface area (Å²) in [5, 5.41) is 12.2. The van der Waals surface area contributed by atoms with Gasteiger partial charge in [-0.15, -0.1) is 22.6 Å². The van der Waals surface area contributed by atoms with E-state index in [9.17, 15) is 0 Å². The highest BCUT2D eigenvalue weighted by molar-refractivity contribution is 5.85. The fraction of sp³-hybridized carbons (Fsp3) is 0.529. The maximum absolute atomic E-state index is 5.55. The van der Waals surface area contributed by atoms with Crippen molar-refractivity contribution in [3.05, 3.63) is 41.0 Å². The Bertz CT molecular complexity index is 671. The molecule has 2 aliphatic rings. The topological polar surface area (TPSA) is 52.0 Å². The zero-order chi connectivity index (χ0) is 14.8. The predicted molar refractivity (Wildman–Crippen MR) is 91.0 cm³/mol. The molecule has 0 aliphatic carbocycles. The van der Waals surface area contributed by atoms with Gasteiger partial charge in [0.1, 0.15) is 17.4 Å². The van der Waals surface area contributed by atoms with Crippen molar-refractivity contribution in [1.29, 1.82) is 0 Å². The molecule has 23 heavy (non-hydrogen) atoms. The molecule has 3 heterocycles. The molecule has 0 fully saturated rings. The highest BCUT2D eigenvalue weighted by Gasteiger charge is 2.15. The number of ether oxygens (including phenoxy) is 1. The van der Waals surface area contributed by atoms with E-state index in [1.807, 2.05) is 0 Å². The molecule has 2 aromatic rings. The Morgan fingerprint density at radius 2 is 2.04 bits per heavy atom. The van der Waals surface area contributed by atoms with Crippen LogP contribution < -0.4 is 10.1 Å². The van der Waals surface area contributed by atoms with Crippen LogP contribution in [0.15, 0.2) is 18.2 Å². The Morgan fingerprint density at radius 1 is 1.09 bits per heavy atom. The third-order valence-electron chi connectivity index (χ3n) is 4.55. The molecule has 0 saturated heterocycles. The third kappa shape index (κ3) is 3.51. The van der Waals surface area contributed by atoms with Gasteiger partial charge in [-0.05, 0) is 30.0 Å². The highest BCUT2D eigenvalue weighted by Crippen LogP contribution is 2.25. The zero-order valence-electron chi connectivity index (χ0n) is 13.3. The van der Waals surface area contributed by atoms with Gasteiger partial charge in [-0.2, -0.15) is 0 Å². The zero-order valence-corrected chi connectivity index (χ0v) is 14.1. The van der Waals surface area contributed by atoms with Crippen LogP contribution in [-0.2, 0) is 32.5 Å². The van der Waals surface area contributed by atoms with Crippen molar-refractivity contribution in [1.82, 2.24) is 20.1 Å². The van der Waals surface area contributed by atoms with Crippen molar-refractivity contribution in [2.45, 2.75) is 51.7 Å². The molecule has 1 aromatic heterocycles. The van der Waals surface area contributed by atoms with Crippen LogP contribution in [0.25, 0.3) is 0 Å². The van der Waals surface area contributed by atoms with Crippen molar-refractivity contribution in [3.63, 3.8) is 0 Å². The smallest absolute Gasteiger partial charge is 0.147 e. The van der Waals surface area contributed by atoms with Crippen LogP contribution >= 0.6 is 12.4 Å². The number of rotatable bonds is 4. The lowest BCUT2D eigenvalue weighted by molar-refractivity contribution is 0.357. The number of hydrogen-bond donors (Lipinski definition) is 1. The Balaban J connectivity index is 0.00000156. The first-order chi connectivity index (χ1) is 10.9. The first-order valence-corrected chi connectivity index (χ1v) is 8.26. The van der Waals surface area contributed by atoms with Crippen molar-refractivity contribution < 1.29 is 4.74 Å². The van der Waals surface area contributed by atoms with E-state index < -0.39 is 0 Å². The molecule has 1 N–H and O–H groups in total. The van der Waals surface area contributed by atoms with Gasteiger partial charge in [0.25, 0.3) is 0 Å². The summed E-state index contributed by atoms with van der Waals surface area (Å²) in [6.45, 7) is 3.52. The van der Waals surface area contributed by atoms with Gasteiger partial charge in [-0.1, -0.05) is 18.6 Å². The summed E-state index contributed by atoms with van der Waals surface area (Å²) in [6, 6.07) is 6.48. The van der Waals surface area contributed by atoms with Gasteiger partial charge in [0.05, 0.1) is 13.2 Å². The van der Waals surface area contributed by atoms with Crippen molar-refractivity contribution in [3.8, 4) is 5.75 Å². The molecule has 2 aliphatic heterocycles. The molecular weight excluding hydrogens is 312 g/mol. The lowest BCUT2D eigenvalue weighted by Gasteiger charge is -2.09. The maximum Gasteiger partial charge on any atom is 0.147 e. The molecule has 0 spiro atoms. The standard InChI is InChI=1S/C17H22N4O.ClH/c1-2-4-16-19-20-17(21(16)8-3-1)12-18-11-13-5-6-15-14(10-13)7-9-22-15;/h5-6,10,18H,1-4,7-9,11-12H2;1H. The minimum atomic E-state index is 0. The summed E-state index contributed by atoms with van der Waals surface area (Å²) in [5.41, 5.74) is 2.63. The van der Waals surface area contributed by atoms with E-state index >= 15 is 0 Å². The van der Waals surface area contributed by atoms with Crippen molar-refractivity contribution >= 4 is 12.4 Å². The molecule has 0 bridgehead atoms. The molecule has 0 atom stereocenters. The fourth-order valence-corrected chi connectivity index (χ4v) is 3.34. The Labute approximate surface area is 142 Å². The monoisotopic (exact) mass is 334 g/mol. The number of nitrogens with zero attached hydrogens (tertiary/aromatic N) is 3. The largest absolute Gasteiger partial charge is 0.493 e. The van der Waals surface area contributed by atoms with Crippen LogP contribution in [0, 0.1) is 0 Å². The number of hydrogen-bond acceptors (Lipinski definition) is 4. The molecular formula is C17H23ClN4O. The van der Waals surface area contributed by atoms with Gasteiger partial charge in [-0.25, -0.2) is 0 Å². The van der Waals surface area contributed by atoms with E-state index in [0.717, 1.165) is 56.5 Å². The van der Waals surface area contributed by atoms with Crippen LogP contribution in [0.1, 0.15) is 42.0 Å². The van der Waals surface area contributed by atoms with E-state index in [0.29, 0.717) is 0 Å². The Morgan fingerprint density at radius 3 is 3.00 bits per heavy atom. The highest BCUT2D eigenvalue weighted by atomic mass is 35.5. The first kappa shape index (κ1) is 16.3.